The van der Waals surface area contributed by atoms with Crippen LogP contribution in [0.1, 0.15) is 12.0 Å². The van der Waals surface area contributed by atoms with E-state index >= 15 is 0 Å². The summed E-state index contributed by atoms with van der Waals surface area (Å²) in [6.45, 7) is 0.888. The number of halogens is 1. The Morgan fingerprint density at radius 2 is 1.89 bits per heavy atom. The maximum absolute atomic E-state index is 4.63. The fourth-order valence-corrected chi connectivity index (χ4v) is 2.21. The average molecular weight is 302 g/mol. The van der Waals surface area contributed by atoms with Gasteiger partial charge in [0.05, 0.1) is 5.71 Å². The zero-order valence-electron chi connectivity index (χ0n) is 9.75. The Hall–Kier alpha value is -1.68. The fraction of sp³-hybridized carbons (Fsp3) is 0.143. The van der Waals surface area contributed by atoms with Gasteiger partial charge in [0.2, 0.25) is 0 Å². The van der Waals surface area contributed by atoms with Gasteiger partial charge in [0.15, 0.2) is 0 Å². The highest BCUT2D eigenvalue weighted by molar-refractivity contribution is 9.10. The first-order chi connectivity index (χ1) is 8.83. The molecule has 0 radical (unpaired) electrons. The van der Waals surface area contributed by atoms with E-state index in [0.29, 0.717) is 0 Å². The van der Waals surface area contributed by atoms with Crippen molar-refractivity contribution in [3.63, 3.8) is 0 Å². The molecule has 0 fully saturated rings. The maximum atomic E-state index is 4.63. The molecule has 0 saturated heterocycles. The first-order valence-corrected chi connectivity index (χ1v) is 6.64. The SMILES string of the molecule is Brc1ccc(N2CCC(c3ccccc3)=N2)nc1. The van der Waals surface area contributed by atoms with Crippen LogP contribution in [0.4, 0.5) is 5.82 Å². The first-order valence-electron chi connectivity index (χ1n) is 5.85. The predicted molar refractivity (Wildman–Crippen MR) is 76.9 cm³/mol. The molecule has 0 spiro atoms. The average Bonchev–Trinajstić information content (AvgIpc) is 2.90. The molecule has 0 bridgehead atoms. The Morgan fingerprint density at radius 3 is 2.61 bits per heavy atom. The van der Waals surface area contributed by atoms with Crippen LogP contribution in [-0.4, -0.2) is 17.2 Å². The number of benzene rings is 1. The second kappa shape index (κ2) is 4.90. The van der Waals surface area contributed by atoms with Crippen LogP contribution in [0, 0.1) is 0 Å². The van der Waals surface area contributed by atoms with Crippen LogP contribution >= 0.6 is 15.9 Å². The topological polar surface area (TPSA) is 28.5 Å². The molecule has 4 heteroatoms. The van der Waals surface area contributed by atoms with Gasteiger partial charge in [-0.05, 0) is 33.6 Å². The minimum atomic E-state index is 0.888. The van der Waals surface area contributed by atoms with Crippen molar-refractivity contribution in [2.24, 2.45) is 5.10 Å². The van der Waals surface area contributed by atoms with Crippen molar-refractivity contribution < 1.29 is 0 Å². The number of hydrazone groups is 1. The van der Waals surface area contributed by atoms with Gasteiger partial charge in [-0.25, -0.2) is 9.99 Å². The summed E-state index contributed by atoms with van der Waals surface area (Å²) in [6, 6.07) is 14.2. The Bertz CT molecular complexity index is 563. The third-order valence-electron chi connectivity index (χ3n) is 2.89. The Morgan fingerprint density at radius 1 is 1.06 bits per heavy atom. The molecule has 1 aromatic carbocycles. The quantitative estimate of drug-likeness (QED) is 0.850. The van der Waals surface area contributed by atoms with Crippen molar-refractivity contribution >= 4 is 27.5 Å². The normalized spacial score (nSPS) is 14.7. The van der Waals surface area contributed by atoms with Crippen LogP contribution < -0.4 is 5.01 Å². The van der Waals surface area contributed by atoms with E-state index in [1.54, 1.807) is 6.20 Å². The van der Waals surface area contributed by atoms with Crippen LogP contribution in [-0.2, 0) is 0 Å². The molecular weight excluding hydrogens is 290 g/mol. The Kier molecular flexibility index (Phi) is 3.11. The third kappa shape index (κ3) is 2.29. The molecule has 1 aliphatic rings. The van der Waals surface area contributed by atoms with Gasteiger partial charge in [-0.1, -0.05) is 30.3 Å². The van der Waals surface area contributed by atoms with Gasteiger partial charge in [0, 0.05) is 23.6 Å². The molecule has 2 aromatic rings. The zero-order valence-corrected chi connectivity index (χ0v) is 11.3. The van der Waals surface area contributed by atoms with Crippen molar-refractivity contribution in [1.82, 2.24) is 4.98 Å². The van der Waals surface area contributed by atoms with Gasteiger partial charge in [-0.3, -0.25) is 0 Å². The summed E-state index contributed by atoms with van der Waals surface area (Å²) < 4.78 is 0.984. The minimum absolute atomic E-state index is 0.888. The van der Waals surface area contributed by atoms with Crippen molar-refractivity contribution in [2.45, 2.75) is 6.42 Å². The number of hydrogen-bond donors (Lipinski definition) is 0. The first kappa shape index (κ1) is 11.4. The Labute approximate surface area is 114 Å². The van der Waals surface area contributed by atoms with Gasteiger partial charge >= 0.3 is 0 Å². The van der Waals surface area contributed by atoms with E-state index in [0.717, 1.165) is 29.0 Å². The summed E-state index contributed by atoms with van der Waals surface area (Å²) in [5.41, 5.74) is 2.32. The van der Waals surface area contributed by atoms with E-state index in [4.69, 9.17) is 0 Å². The molecule has 0 amide bonds. The molecule has 1 aliphatic heterocycles. The van der Waals surface area contributed by atoms with Crippen molar-refractivity contribution in [3.8, 4) is 0 Å². The van der Waals surface area contributed by atoms with Gasteiger partial charge in [-0.2, -0.15) is 5.10 Å². The van der Waals surface area contributed by atoms with Crippen LogP contribution in [0.15, 0.2) is 58.2 Å². The summed E-state index contributed by atoms with van der Waals surface area (Å²) in [6.07, 6.45) is 2.76. The van der Waals surface area contributed by atoms with Crippen LogP contribution in [0.5, 0.6) is 0 Å². The van der Waals surface area contributed by atoms with Gasteiger partial charge < -0.3 is 0 Å². The molecule has 2 heterocycles. The Balaban J connectivity index is 1.85. The van der Waals surface area contributed by atoms with E-state index in [2.05, 4.69) is 38.1 Å². The van der Waals surface area contributed by atoms with E-state index in [-0.39, 0.29) is 0 Å². The van der Waals surface area contributed by atoms with Crippen molar-refractivity contribution in [2.75, 3.05) is 11.6 Å². The van der Waals surface area contributed by atoms with E-state index in [1.807, 2.05) is 35.3 Å². The summed E-state index contributed by atoms with van der Waals surface area (Å²) >= 11 is 3.39. The van der Waals surface area contributed by atoms with Crippen LogP contribution in [0.3, 0.4) is 0 Å². The second-order valence-corrected chi connectivity index (χ2v) is 5.04. The maximum Gasteiger partial charge on any atom is 0.148 e. The lowest BCUT2D eigenvalue weighted by Gasteiger charge is -2.11. The van der Waals surface area contributed by atoms with E-state index in [1.165, 1.54) is 5.56 Å². The second-order valence-electron chi connectivity index (χ2n) is 4.12. The largest absolute Gasteiger partial charge is 0.247 e. The molecule has 3 nitrogen and oxygen atoms in total. The molecule has 3 rings (SSSR count). The molecular formula is C14H12BrN3. The molecule has 0 N–H and O–H groups in total. The number of nitrogens with zero attached hydrogens (tertiary/aromatic N) is 3. The fourth-order valence-electron chi connectivity index (χ4n) is 1.98. The van der Waals surface area contributed by atoms with Gasteiger partial charge in [0.1, 0.15) is 5.82 Å². The molecule has 0 unspecified atom stereocenters. The van der Waals surface area contributed by atoms with Crippen LogP contribution in [0.2, 0.25) is 0 Å². The van der Waals surface area contributed by atoms with Gasteiger partial charge in [-0.15, -0.1) is 0 Å². The number of aromatic nitrogens is 1. The number of anilines is 1. The summed E-state index contributed by atoms with van der Waals surface area (Å²) in [7, 11) is 0. The lowest BCUT2D eigenvalue weighted by Crippen LogP contribution is -2.12. The molecule has 1 aromatic heterocycles. The molecule has 0 atom stereocenters. The zero-order chi connectivity index (χ0) is 12.4. The number of pyridine rings is 1. The van der Waals surface area contributed by atoms with E-state index in [9.17, 15) is 0 Å². The van der Waals surface area contributed by atoms with Gasteiger partial charge in [0.25, 0.3) is 0 Å². The lowest BCUT2D eigenvalue weighted by atomic mass is 10.1. The molecule has 0 aliphatic carbocycles. The summed E-state index contributed by atoms with van der Waals surface area (Å²) in [5, 5.41) is 6.58. The highest BCUT2D eigenvalue weighted by atomic mass is 79.9. The van der Waals surface area contributed by atoms with Crippen molar-refractivity contribution in [1.29, 1.82) is 0 Å². The molecule has 90 valence electrons. The minimum Gasteiger partial charge on any atom is -0.247 e. The van der Waals surface area contributed by atoms with Crippen LogP contribution in [0.25, 0.3) is 0 Å². The monoisotopic (exact) mass is 301 g/mol. The highest BCUT2D eigenvalue weighted by Gasteiger charge is 2.17. The third-order valence-corrected chi connectivity index (χ3v) is 3.35. The highest BCUT2D eigenvalue weighted by Crippen LogP contribution is 2.20. The number of hydrogen-bond acceptors (Lipinski definition) is 3. The van der Waals surface area contributed by atoms with E-state index < -0.39 is 0 Å². The smallest absolute Gasteiger partial charge is 0.148 e. The predicted octanol–water partition coefficient (Wildman–Crippen LogP) is 3.46. The van der Waals surface area contributed by atoms with Crippen molar-refractivity contribution in [3.05, 3.63) is 58.7 Å². The molecule has 0 saturated carbocycles. The lowest BCUT2D eigenvalue weighted by molar-refractivity contribution is 0.895. The summed E-state index contributed by atoms with van der Waals surface area (Å²) in [5.74, 6) is 0.893. The molecule has 18 heavy (non-hydrogen) atoms. The number of rotatable bonds is 2. The summed E-state index contributed by atoms with van der Waals surface area (Å²) in [4.78, 5) is 4.36. The standard InChI is InChI=1S/C14H12BrN3/c15-12-6-7-14(16-10-12)18-9-8-13(17-18)11-4-2-1-3-5-11/h1-7,10H,8-9H2.